The first-order valence-electron chi connectivity index (χ1n) is 9.72. The van der Waals surface area contributed by atoms with Crippen molar-refractivity contribution in [3.8, 4) is 11.5 Å². The summed E-state index contributed by atoms with van der Waals surface area (Å²) in [6.45, 7) is 6.47. The van der Waals surface area contributed by atoms with Gasteiger partial charge in [0.25, 0.3) is 11.8 Å². The molecule has 9 heteroatoms. The number of piperazine rings is 1. The Kier molecular flexibility index (Phi) is 5.92. The maximum Gasteiger partial charge on any atom is 0.258 e. The molecule has 7 nitrogen and oxygen atoms in total. The summed E-state index contributed by atoms with van der Waals surface area (Å²) in [6, 6.07) is 8.88. The number of carbonyl (C=O) groups excluding carboxylic acids is 1. The number of halogens is 2. The van der Waals surface area contributed by atoms with E-state index in [1.54, 1.807) is 29.3 Å². The lowest BCUT2D eigenvalue weighted by atomic mass is 10.1. The van der Waals surface area contributed by atoms with Gasteiger partial charge in [0.15, 0.2) is 5.82 Å². The second-order valence-corrected chi connectivity index (χ2v) is 8.18. The molecule has 0 aliphatic carbocycles. The van der Waals surface area contributed by atoms with Crippen molar-refractivity contribution in [2.75, 3.05) is 31.1 Å². The Bertz CT molecular complexity index is 1060. The third-order valence-corrected chi connectivity index (χ3v) is 5.84. The SMILES string of the molecule is CC(C)c1noc(-c2ccnc(N3CCN(C(=O)c4cccc(Cl)c4Cl)CC3)c2)n1. The van der Waals surface area contributed by atoms with E-state index in [2.05, 4.69) is 20.0 Å². The summed E-state index contributed by atoms with van der Waals surface area (Å²) in [5.74, 6) is 2.05. The number of pyridine rings is 1. The van der Waals surface area contributed by atoms with Crippen LogP contribution in [0.1, 0.15) is 35.9 Å². The third kappa shape index (κ3) is 4.13. The highest BCUT2D eigenvalue weighted by Gasteiger charge is 2.25. The Balaban J connectivity index is 1.45. The molecule has 0 radical (unpaired) electrons. The fourth-order valence-corrected chi connectivity index (χ4v) is 3.67. The van der Waals surface area contributed by atoms with Gasteiger partial charge in [0, 0.05) is 43.9 Å². The van der Waals surface area contributed by atoms with Gasteiger partial charge in [-0.1, -0.05) is 48.3 Å². The van der Waals surface area contributed by atoms with Gasteiger partial charge in [-0.05, 0) is 24.3 Å². The van der Waals surface area contributed by atoms with Crippen molar-refractivity contribution < 1.29 is 9.32 Å². The minimum atomic E-state index is -0.115. The molecular weight excluding hydrogens is 425 g/mol. The van der Waals surface area contributed by atoms with Gasteiger partial charge in [-0.3, -0.25) is 4.79 Å². The molecule has 1 amide bonds. The summed E-state index contributed by atoms with van der Waals surface area (Å²) in [5.41, 5.74) is 1.25. The minimum Gasteiger partial charge on any atom is -0.353 e. The number of rotatable bonds is 4. The Labute approximate surface area is 184 Å². The molecule has 3 heterocycles. The topological polar surface area (TPSA) is 75.4 Å². The Morgan fingerprint density at radius 2 is 1.90 bits per heavy atom. The first-order chi connectivity index (χ1) is 14.4. The molecule has 1 fully saturated rings. The fourth-order valence-electron chi connectivity index (χ4n) is 3.29. The number of amides is 1. The predicted molar refractivity (Wildman–Crippen MR) is 116 cm³/mol. The van der Waals surface area contributed by atoms with Crippen molar-refractivity contribution >= 4 is 34.9 Å². The van der Waals surface area contributed by atoms with Gasteiger partial charge in [0.1, 0.15) is 5.82 Å². The third-order valence-electron chi connectivity index (χ3n) is 5.02. The largest absolute Gasteiger partial charge is 0.353 e. The number of carbonyl (C=O) groups is 1. The zero-order chi connectivity index (χ0) is 21.3. The molecule has 1 aliphatic heterocycles. The number of hydrogen-bond acceptors (Lipinski definition) is 6. The van der Waals surface area contributed by atoms with E-state index in [1.165, 1.54) is 0 Å². The Hall–Kier alpha value is -2.64. The fraction of sp³-hybridized carbons (Fsp3) is 0.333. The lowest BCUT2D eigenvalue weighted by Gasteiger charge is -2.35. The van der Waals surface area contributed by atoms with E-state index in [4.69, 9.17) is 27.7 Å². The molecule has 0 N–H and O–H groups in total. The second kappa shape index (κ2) is 8.62. The normalized spacial score (nSPS) is 14.4. The van der Waals surface area contributed by atoms with Crippen LogP contribution >= 0.6 is 23.2 Å². The van der Waals surface area contributed by atoms with Crippen LogP contribution in [0.4, 0.5) is 5.82 Å². The van der Waals surface area contributed by atoms with Gasteiger partial charge in [-0.15, -0.1) is 0 Å². The van der Waals surface area contributed by atoms with Gasteiger partial charge in [-0.25, -0.2) is 4.98 Å². The van der Waals surface area contributed by atoms with Crippen molar-refractivity contribution in [3.05, 3.63) is 58.0 Å². The van der Waals surface area contributed by atoms with Crippen LogP contribution in [0.25, 0.3) is 11.5 Å². The highest BCUT2D eigenvalue weighted by molar-refractivity contribution is 6.43. The maximum absolute atomic E-state index is 12.8. The van der Waals surface area contributed by atoms with Gasteiger partial charge in [0.2, 0.25) is 0 Å². The number of anilines is 1. The number of hydrogen-bond donors (Lipinski definition) is 0. The lowest BCUT2D eigenvalue weighted by molar-refractivity contribution is 0.0746. The zero-order valence-corrected chi connectivity index (χ0v) is 18.2. The average molecular weight is 446 g/mol. The monoisotopic (exact) mass is 445 g/mol. The Morgan fingerprint density at radius 1 is 1.13 bits per heavy atom. The molecule has 0 spiro atoms. The number of benzene rings is 1. The first kappa shape index (κ1) is 20.6. The van der Waals surface area contributed by atoms with Crippen molar-refractivity contribution in [3.63, 3.8) is 0 Å². The van der Waals surface area contributed by atoms with Gasteiger partial charge in [-0.2, -0.15) is 4.98 Å². The van der Waals surface area contributed by atoms with Gasteiger partial charge >= 0.3 is 0 Å². The summed E-state index contributed by atoms with van der Waals surface area (Å²) >= 11 is 12.3. The zero-order valence-electron chi connectivity index (χ0n) is 16.7. The van der Waals surface area contributed by atoms with E-state index < -0.39 is 0 Å². The predicted octanol–water partition coefficient (Wildman–Crippen LogP) is 4.52. The van der Waals surface area contributed by atoms with Crippen LogP contribution in [0, 0.1) is 0 Å². The standard InChI is InChI=1S/C21H21Cl2N5O2/c1-13(2)19-25-20(30-26-19)14-6-7-24-17(12-14)27-8-10-28(11-9-27)21(29)15-4-3-5-16(22)18(15)23/h3-7,12-13H,8-11H2,1-2H3. The lowest BCUT2D eigenvalue weighted by Crippen LogP contribution is -2.49. The van der Waals surface area contributed by atoms with Gasteiger partial charge in [0.05, 0.1) is 15.6 Å². The molecule has 3 aromatic rings. The van der Waals surface area contributed by atoms with E-state index in [1.807, 2.05) is 26.0 Å². The van der Waals surface area contributed by atoms with E-state index in [0.717, 1.165) is 11.4 Å². The van der Waals surface area contributed by atoms with E-state index in [0.29, 0.717) is 53.5 Å². The molecule has 1 saturated heterocycles. The summed E-state index contributed by atoms with van der Waals surface area (Å²) in [4.78, 5) is 25.7. The van der Waals surface area contributed by atoms with Crippen LogP contribution in [0.2, 0.25) is 10.0 Å². The molecule has 0 bridgehead atoms. The van der Waals surface area contributed by atoms with Crippen molar-refractivity contribution in [1.82, 2.24) is 20.0 Å². The van der Waals surface area contributed by atoms with Crippen LogP contribution in [-0.2, 0) is 0 Å². The molecule has 1 aromatic carbocycles. The molecule has 0 unspecified atom stereocenters. The summed E-state index contributed by atoms with van der Waals surface area (Å²) < 4.78 is 5.39. The van der Waals surface area contributed by atoms with Crippen molar-refractivity contribution in [2.45, 2.75) is 19.8 Å². The van der Waals surface area contributed by atoms with E-state index in [9.17, 15) is 4.79 Å². The van der Waals surface area contributed by atoms with Crippen LogP contribution in [0.5, 0.6) is 0 Å². The van der Waals surface area contributed by atoms with Crippen molar-refractivity contribution in [1.29, 1.82) is 0 Å². The smallest absolute Gasteiger partial charge is 0.258 e. The second-order valence-electron chi connectivity index (χ2n) is 7.40. The maximum atomic E-state index is 12.8. The number of nitrogens with zero attached hydrogens (tertiary/aromatic N) is 5. The van der Waals surface area contributed by atoms with Crippen LogP contribution in [0.3, 0.4) is 0 Å². The quantitative estimate of drug-likeness (QED) is 0.587. The first-order valence-corrected chi connectivity index (χ1v) is 10.5. The van der Waals surface area contributed by atoms with Crippen LogP contribution in [-0.4, -0.2) is 52.1 Å². The Morgan fingerprint density at radius 3 is 2.60 bits per heavy atom. The average Bonchev–Trinajstić information content (AvgIpc) is 3.26. The van der Waals surface area contributed by atoms with Crippen molar-refractivity contribution in [2.24, 2.45) is 0 Å². The van der Waals surface area contributed by atoms with Gasteiger partial charge < -0.3 is 14.3 Å². The molecule has 2 aromatic heterocycles. The highest BCUT2D eigenvalue weighted by atomic mass is 35.5. The molecule has 1 aliphatic rings. The van der Waals surface area contributed by atoms with E-state index >= 15 is 0 Å². The summed E-state index contributed by atoms with van der Waals surface area (Å²) in [5, 5.41) is 4.69. The van der Waals surface area contributed by atoms with Crippen LogP contribution in [0.15, 0.2) is 41.1 Å². The minimum absolute atomic E-state index is 0.115. The molecule has 4 rings (SSSR count). The molecule has 0 saturated carbocycles. The molecule has 156 valence electrons. The number of aromatic nitrogens is 3. The molecular formula is C21H21Cl2N5O2. The summed E-state index contributed by atoms with van der Waals surface area (Å²) in [6.07, 6.45) is 1.73. The molecule has 30 heavy (non-hydrogen) atoms. The highest BCUT2D eigenvalue weighted by Crippen LogP contribution is 2.28. The van der Waals surface area contributed by atoms with E-state index in [-0.39, 0.29) is 11.8 Å². The summed E-state index contributed by atoms with van der Waals surface area (Å²) in [7, 11) is 0. The molecule has 0 atom stereocenters. The van der Waals surface area contributed by atoms with Crippen LogP contribution < -0.4 is 4.90 Å².